The molecule has 0 bridgehead atoms. The summed E-state index contributed by atoms with van der Waals surface area (Å²) in [6, 6.07) is 17.2. The van der Waals surface area contributed by atoms with E-state index in [9.17, 15) is 9.18 Å². The Hall–Kier alpha value is -3.91. The van der Waals surface area contributed by atoms with Gasteiger partial charge in [0.1, 0.15) is 17.7 Å². The Bertz CT molecular complexity index is 1290. The third-order valence-electron chi connectivity index (χ3n) is 6.11. The lowest BCUT2D eigenvalue weighted by Crippen LogP contribution is -2.49. The second kappa shape index (κ2) is 9.52. The van der Waals surface area contributed by atoms with Crippen molar-refractivity contribution in [3.8, 4) is 11.4 Å². The second-order valence-electron chi connectivity index (χ2n) is 8.12. The summed E-state index contributed by atoms with van der Waals surface area (Å²) in [6.07, 6.45) is 3.46. The Balaban J connectivity index is 1.43. The van der Waals surface area contributed by atoms with Crippen molar-refractivity contribution in [2.75, 3.05) is 38.2 Å². The van der Waals surface area contributed by atoms with Crippen molar-refractivity contribution in [3.05, 3.63) is 84.4 Å². The molecule has 3 heterocycles. The molecule has 0 radical (unpaired) electrons. The number of nitrogens with zero attached hydrogens (tertiary/aromatic N) is 5. The van der Waals surface area contributed by atoms with Crippen molar-refractivity contribution in [1.82, 2.24) is 19.9 Å². The Morgan fingerprint density at radius 2 is 1.65 bits per heavy atom. The van der Waals surface area contributed by atoms with Gasteiger partial charge in [0.2, 0.25) is 0 Å². The first-order valence-electron chi connectivity index (χ1n) is 11.1. The molecule has 0 saturated carbocycles. The number of hydrogen-bond donors (Lipinski definition) is 0. The molecule has 1 unspecified atom stereocenters. The van der Waals surface area contributed by atoms with Crippen LogP contribution in [-0.4, -0.2) is 59.1 Å². The maximum Gasteiger partial charge on any atom is 0.327 e. The first kappa shape index (κ1) is 21.9. The Labute approximate surface area is 196 Å². The maximum absolute atomic E-state index is 13.4. The minimum Gasteiger partial charge on any atom is -0.468 e. The van der Waals surface area contributed by atoms with Crippen LogP contribution < -0.4 is 4.90 Å². The summed E-state index contributed by atoms with van der Waals surface area (Å²) in [6.45, 7) is 2.59. The van der Waals surface area contributed by atoms with E-state index in [0.717, 1.165) is 22.3 Å². The van der Waals surface area contributed by atoms with Gasteiger partial charge in [-0.25, -0.2) is 19.2 Å². The third-order valence-corrected chi connectivity index (χ3v) is 6.11. The molecule has 2 aromatic heterocycles. The van der Waals surface area contributed by atoms with Crippen LogP contribution in [0.25, 0.3) is 22.3 Å². The summed E-state index contributed by atoms with van der Waals surface area (Å²) in [5.41, 5.74) is 2.50. The molecule has 4 aromatic rings. The van der Waals surface area contributed by atoms with Gasteiger partial charge in [-0.1, -0.05) is 24.3 Å². The van der Waals surface area contributed by atoms with Crippen LogP contribution in [0.15, 0.2) is 73.1 Å². The van der Waals surface area contributed by atoms with Gasteiger partial charge in [-0.15, -0.1) is 0 Å². The molecule has 0 amide bonds. The van der Waals surface area contributed by atoms with Crippen molar-refractivity contribution in [1.29, 1.82) is 0 Å². The second-order valence-corrected chi connectivity index (χ2v) is 8.12. The van der Waals surface area contributed by atoms with E-state index in [4.69, 9.17) is 14.7 Å². The van der Waals surface area contributed by atoms with Gasteiger partial charge in [0, 0.05) is 49.5 Å². The van der Waals surface area contributed by atoms with Crippen LogP contribution in [0.2, 0.25) is 0 Å². The zero-order chi connectivity index (χ0) is 23.5. The minimum absolute atomic E-state index is 0.335. The van der Waals surface area contributed by atoms with E-state index in [0.29, 0.717) is 37.6 Å². The summed E-state index contributed by atoms with van der Waals surface area (Å²) >= 11 is 0. The van der Waals surface area contributed by atoms with Gasteiger partial charge in [-0.3, -0.25) is 9.88 Å². The molecule has 1 fully saturated rings. The first-order valence-corrected chi connectivity index (χ1v) is 11.1. The van der Waals surface area contributed by atoms with Crippen LogP contribution in [0.1, 0.15) is 11.6 Å². The third kappa shape index (κ3) is 4.32. The maximum atomic E-state index is 13.4. The lowest BCUT2D eigenvalue weighted by atomic mass is 10.0. The molecule has 8 heteroatoms. The molecule has 0 aliphatic carbocycles. The average Bonchev–Trinajstić information content (AvgIpc) is 2.90. The number of pyridine rings is 1. The van der Waals surface area contributed by atoms with E-state index in [1.54, 1.807) is 24.5 Å². The highest BCUT2D eigenvalue weighted by molar-refractivity contribution is 5.91. The Morgan fingerprint density at radius 1 is 0.941 bits per heavy atom. The SMILES string of the molecule is COC(=O)C(c1ccc(F)cc1)N1CCN(c2nc(-c3ccncc3)nc3ccccc23)CC1. The van der Waals surface area contributed by atoms with Crippen molar-refractivity contribution in [2.24, 2.45) is 0 Å². The molecule has 34 heavy (non-hydrogen) atoms. The molecule has 172 valence electrons. The number of rotatable bonds is 5. The summed E-state index contributed by atoms with van der Waals surface area (Å²) < 4.78 is 18.5. The molecule has 2 aromatic carbocycles. The predicted octanol–water partition coefficient (Wildman–Crippen LogP) is 3.87. The number of fused-ring (bicyclic) bond motifs is 1. The summed E-state index contributed by atoms with van der Waals surface area (Å²) in [7, 11) is 1.38. The number of esters is 1. The smallest absolute Gasteiger partial charge is 0.327 e. The molecule has 1 atom stereocenters. The number of anilines is 1. The number of para-hydroxylation sites is 1. The topological polar surface area (TPSA) is 71.5 Å². The van der Waals surface area contributed by atoms with Crippen LogP contribution >= 0.6 is 0 Å². The normalized spacial score (nSPS) is 15.3. The monoisotopic (exact) mass is 457 g/mol. The highest BCUT2D eigenvalue weighted by atomic mass is 19.1. The molecular formula is C26H24FN5O2. The Kier molecular flexibility index (Phi) is 6.14. The van der Waals surface area contributed by atoms with Crippen LogP contribution in [0.5, 0.6) is 0 Å². The van der Waals surface area contributed by atoms with Gasteiger partial charge >= 0.3 is 5.97 Å². The van der Waals surface area contributed by atoms with E-state index in [2.05, 4.69) is 14.8 Å². The lowest BCUT2D eigenvalue weighted by molar-refractivity contribution is -0.147. The van der Waals surface area contributed by atoms with E-state index in [-0.39, 0.29) is 11.8 Å². The Morgan fingerprint density at radius 3 is 2.35 bits per heavy atom. The zero-order valence-electron chi connectivity index (χ0n) is 18.8. The molecule has 1 saturated heterocycles. The van der Waals surface area contributed by atoms with Gasteiger partial charge < -0.3 is 9.64 Å². The molecule has 7 nitrogen and oxygen atoms in total. The number of benzene rings is 2. The van der Waals surface area contributed by atoms with Gasteiger partial charge in [0.25, 0.3) is 0 Å². The molecule has 5 rings (SSSR count). The number of ether oxygens (including phenoxy) is 1. The average molecular weight is 458 g/mol. The fourth-order valence-electron chi connectivity index (χ4n) is 4.38. The van der Waals surface area contributed by atoms with E-state index in [1.807, 2.05) is 36.4 Å². The standard InChI is InChI=1S/C26H24FN5O2/c1-34-26(33)23(18-6-8-20(27)9-7-18)31-14-16-32(17-15-31)25-21-4-2-3-5-22(21)29-24(30-25)19-10-12-28-13-11-19/h2-13,23H,14-17H2,1H3. The molecule has 0 N–H and O–H groups in total. The highest BCUT2D eigenvalue weighted by Gasteiger charge is 2.32. The number of hydrogen-bond acceptors (Lipinski definition) is 7. The zero-order valence-corrected chi connectivity index (χ0v) is 18.8. The van der Waals surface area contributed by atoms with Gasteiger partial charge in [0.15, 0.2) is 5.82 Å². The number of aromatic nitrogens is 3. The first-order chi connectivity index (χ1) is 16.6. The fourth-order valence-corrected chi connectivity index (χ4v) is 4.38. The summed E-state index contributed by atoms with van der Waals surface area (Å²) in [5.74, 6) is 0.830. The summed E-state index contributed by atoms with van der Waals surface area (Å²) in [4.78, 5) is 30.7. The number of piperazine rings is 1. The van der Waals surface area contributed by atoms with Crippen LogP contribution in [0, 0.1) is 5.82 Å². The van der Waals surface area contributed by atoms with Crippen molar-refractivity contribution >= 4 is 22.7 Å². The van der Waals surface area contributed by atoms with Crippen molar-refractivity contribution in [3.63, 3.8) is 0 Å². The van der Waals surface area contributed by atoms with E-state index in [1.165, 1.54) is 19.2 Å². The molecule has 0 spiro atoms. The van der Waals surface area contributed by atoms with E-state index < -0.39 is 6.04 Å². The van der Waals surface area contributed by atoms with Crippen molar-refractivity contribution < 1.29 is 13.9 Å². The summed E-state index contributed by atoms with van der Waals surface area (Å²) in [5, 5.41) is 0.983. The largest absolute Gasteiger partial charge is 0.468 e. The molecule has 1 aliphatic rings. The minimum atomic E-state index is -0.581. The lowest BCUT2D eigenvalue weighted by Gasteiger charge is -2.39. The van der Waals surface area contributed by atoms with E-state index >= 15 is 0 Å². The number of halogens is 1. The van der Waals surface area contributed by atoms with Gasteiger partial charge in [0.05, 0.1) is 12.6 Å². The highest BCUT2D eigenvalue weighted by Crippen LogP contribution is 2.30. The predicted molar refractivity (Wildman–Crippen MR) is 128 cm³/mol. The van der Waals surface area contributed by atoms with Gasteiger partial charge in [-0.05, 0) is 42.0 Å². The quantitative estimate of drug-likeness (QED) is 0.422. The number of carbonyl (C=O) groups excluding carboxylic acids is 1. The van der Waals surface area contributed by atoms with Crippen molar-refractivity contribution in [2.45, 2.75) is 6.04 Å². The van der Waals surface area contributed by atoms with Crippen LogP contribution in [0.3, 0.4) is 0 Å². The van der Waals surface area contributed by atoms with Crippen LogP contribution in [0.4, 0.5) is 10.2 Å². The van der Waals surface area contributed by atoms with Gasteiger partial charge in [-0.2, -0.15) is 0 Å². The van der Waals surface area contributed by atoms with Crippen LogP contribution in [-0.2, 0) is 9.53 Å². The fraction of sp³-hybridized carbons (Fsp3) is 0.231. The molecular weight excluding hydrogens is 433 g/mol. The number of methoxy groups -OCH3 is 1. The molecule has 1 aliphatic heterocycles. The number of carbonyl (C=O) groups is 1.